The molecule has 2 aromatic carbocycles. The van der Waals surface area contributed by atoms with Crippen molar-refractivity contribution in [1.29, 1.82) is 0 Å². The van der Waals surface area contributed by atoms with Gasteiger partial charge in [-0.15, -0.1) is 0 Å². The van der Waals surface area contributed by atoms with Crippen molar-refractivity contribution in [3.8, 4) is 0 Å². The summed E-state index contributed by atoms with van der Waals surface area (Å²) in [6.07, 6.45) is 4.68. The number of carbonyl (C=O) groups is 1. The number of fused-ring (bicyclic) bond motifs is 3. The molecule has 2 aliphatic rings. The third-order valence-corrected chi connectivity index (χ3v) is 6.34. The first-order chi connectivity index (χ1) is 13.7. The Balaban J connectivity index is 1.37. The summed E-state index contributed by atoms with van der Waals surface area (Å²) < 4.78 is 0. The van der Waals surface area contributed by atoms with Gasteiger partial charge in [0.1, 0.15) is 0 Å². The second-order valence-corrected chi connectivity index (χ2v) is 8.21. The minimum atomic E-state index is 0.134. The molecule has 1 N–H and O–H groups in total. The van der Waals surface area contributed by atoms with Crippen molar-refractivity contribution in [3.63, 3.8) is 0 Å². The fourth-order valence-corrected chi connectivity index (χ4v) is 4.80. The van der Waals surface area contributed by atoms with Crippen molar-refractivity contribution in [1.82, 2.24) is 9.88 Å². The molecule has 0 atom stereocenters. The van der Waals surface area contributed by atoms with Crippen LogP contribution in [0.15, 0.2) is 42.5 Å². The summed E-state index contributed by atoms with van der Waals surface area (Å²) in [6, 6.07) is 14.1. The van der Waals surface area contributed by atoms with Gasteiger partial charge in [-0.1, -0.05) is 29.8 Å². The maximum absolute atomic E-state index is 13.3. The molecular weight excluding hydrogens is 370 g/mol. The number of halogens is 1. The summed E-state index contributed by atoms with van der Waals surface area (Å²) in [7, 11) is 0. The number of nitrogens with zero attached hydrogens (tertiary/aromatic N) is 2. The van der Waals surface area contributed by atoms with Crippen LogP contribution in [-0.4, -0.2) is 42.0 Å². The van der Waals surface area contributed by atoms with E-state index in [-0.39, 0.29) is 5.91 Å². The fraction of sp³-hybridized carbons (Fsp3) is 0.348. The Bertz CT molecular complexity index is 1030. The van der Waals surface area contributed by atoms with E-state index in [1.165, 1.54) is 29.5 Å². The first-order valence-electron chi connectivity index (χ1n) is 10.1. The lowest BCUT2D eigenvalue weighted by Crippen LogP contribution is -2.48. The van der Waals surface area contributed by atoms with Gasteiger partial charge in [-0.05, 0) is 55.5 Å². The normalized spacial score (nSPS) is 17.0. The molecule has 144 valence electrons. The number of H-pyrrole nitrogens is 1. The molecule has 0 spiro atoms. The van der Waals surface area contributed by atoms with E-state index in [9.17, 15) is 4.79 Å². The largest absolute Gasteiger partial charge is 0.368 e. The standard InChI is InChI=1S/C23H24ClN3O/c24-16-5-3-6-17(15-16)26-11-13-27(14-12-26)23(28)20-9-4-8-19-18-7-1-2-10-21(18)25-22(19)20/h3-6,8-9,15,25H,1-2,7,10-14H2. The third-order valence-electron chi connectivity index (χ3n) is 6.10. The number of piperazine rings is 1. The predicted molar refractivity (Wildman–Crippen MR) is 115 cm³/mol. The Hall–Kier alpha value is -2.46. The van der Waals surface area contributed by atoms with Gasteiger partial charge in [0.15, 0.2) is 0 Å². The van der Waals surface area contributed by atoms with Crippen LogP contribution in [0.4, 0.5) is 5.69 Å². The minimum absolute atomic E-state index is 0.134. The highest BCUT2D eigenvalue weighted by atomic mass is 35.5. The number of amides is 1. The number of benzene rings is 2. The van der Waals surface area contributed by atoms with Gasteiger partial charge in [0.2, 0.25) is 0 Å². The lowest BCUT2D eigenvalue weighted by Gasteiger charge is -2.36. The predicted octanol–water partition coefficient (Wildman–Crippen LogP) is 4.66. The van der Waals surface area contributed by atoms with Crippen molar-refractivity contribution in [2.75, 3.05) is 31.1 Å². The van der Waals surface area contributed by atoms with E-state index >= 15 is 0 Å². The number of hydrogen-bond acceptors (Lipinski definition) is 2. The minimum Gasteiger partial charge on any atom is -0.368 e. The van der Waals surface area contributed by atoms with E-state index in [0.29, 0.717) is 0 Å². The summed E-state index contributed by atoms with van der Waals surface area (Å²) in [5.74, 6) is 0.134. The quantitative estimate of drug-likeness (QED) is 0.687. The number of rotatable bonds is 2. The second kappa shape index (κ2) is 7.17. The Labute approximate surface area is 170 Å². The number of aryl methyl sites for hydroxylation is 2. The van der Waals surface area contributed by atoms with E-state index in [1.807, 2.05) is 35.2 Å². The fourth-order valence-electron chi connectivity index (χ4n) is 4.62. The zero-order chi connectivity index (χ0) is 19.1. The molecule has 4 nitrogen and oxygen atoms in total. The molecule has 2 heterocycles. The maximum Gasteiger partial charge on any atom is 0.256 e. The van der Waals surface area contributed by atoms with Crippen LogP contribution in [0.5, 0.6) is 0 Å². The molecule has 0 unspecified atom stereocenters. The van der Waals surface area contributed by atoms with Crippen LogP contribution in [0.3, 0.4) is 0 Å². The number of aromatic amines is 1. The van der Waals surface area contributed by atoms with Gasteiger partial charge in [-0.2, -0.15) is 0 Å². The van der Waals surface area contributed by atoms with Crippen LogP contribution in [-0.2, 0) is 12.8 Å². The van der Waals surface area contributed by atoms with Crippen molar-refractivity contribution in [3.05, 3.63) is 64.3 Å². The highest BCUT2D eigenvalue weighted by molar-refractivity contribution is 6.30. The van der Waals surface area contributed by atoms with Crippen molar-refractivity contribution in [2.45, 2.75) is 25.7 Å². The monoisotopic (exact) mass is 393 g/mol. The number of para-hydroxylation sites is 1. The molecule has 1 aliphatic heterocycles. The molecule has 5 rings (SSSR count). The van der Waals surface area contributed by atoms with Gasteiger partial charge in [-0.3, -0.25) is 4.79 Å². The molecule has 5 heteroatoms. The number of hydrogen-bond donors (Lipinski definition) is 1. The number of carbonyl (C=O) groups excluding carboxylic acids is 1. The lowest BCUT2D eigenvalue weighted by atomic mass is 9.95. The number of nitrogens with one attached hydrogen (secondary N) is 1. The zero-order valence-corrected chi connectivity index (χ0v) is 16.6. The maximum atomic E-state index is 13.3. The van der Waals surface area contributed by atoms with Crippen LogP contribution in [0.2, 0.25) is 5.02 Å². The first-order valence-corrected chi connectivity index (χ1v) is 10.5. The van der Waals surface area contributed by atoms with Gasteiger partial charge in [0, 0.05) is 48.0 Å². The van der Waals surface area contributed by atoms with Crippen LogP contribution in [0.25, 0.3) is 10.9 Å². The van der Waals surface area contributed by atoms with Gasteiger partial charge >= 0.3 is 0 Å². The van der Waals surface area contributed by atoms with Gasteiger partial charge < -0.3 is 14.8 Å². The summed E-state index contributed by atoms with van der Waals surface area (Å²) in [6.45, 7) is 3.09. The summed E-state index contributed by atoms with van der Waals surface area (Å²) in [4.78, 5) is 21.1. The van der Waals surface area contributed by atoms with Crippen molar-refractivity contribution in [2.24, 2.45) is 0 Å². The second-order valence-electron chi connectivity index (χ2n) is 7.78. The average molecular weight is 394 g/mol. The Morgan fingerprint density at radius 1 is 0.964 bits per heavy atom. The highest BCUT2D eigenvalue weighted by Gasteiger charge is 2.25. The molecule has 1 amide bonds. The van der Waals surface area contributed by atoms with Crippen LogP contribution >= 0.6 is 11.6 Å². The van der Waals surface area contributed by atoms with E-state index < -0.39 is 0 Å². The Kier molecular flexibility index (Phi) is 4.52. The molecule has 0 bridgehead atoms. The van der Waals surface area contributed by atoms with Crippen LogP contribution < -0.4 is 4.90 Å². The summed E-state index contributed by atoms with van der Waals surface area (Å²) in [5, 5.41) is 1.98. The topological polar surface area (TPSA) is 39.3 Å². The van der Waals surface area contributed by atoms with Crippen LogP contribution in [0, 0.1) is 0 Å². The molecule has 1 fully saturated rings. The average Bonchev–Trinajstić information content (AvgIpc) is 3.12. The molecule has 0 radical (unpaired) electrons. The smallest absolute Gasteiger partial charge is 0.256 e. The molecule has 1 aliphatic carbocycles. The number of anilines is 1. The molecule has 3 aromatic rings. The van der Waals surface area contributed by atoms with Gasteiger partial charge in [-0.25, -0.2) is 0 Å². The SMILES string of the molecule is O=C(c1cccc2c3c([nH]c12)CCCC3)N1CCN(c2cccc(Cl)c2)CC1. The van der Waals surface area contributed by atoms with Crippen molar-refractivity contribution >= 4 is 34.1 Å². The molecule has 28 heavy (non-hydrogen) atoms. The summed E-state index contributed by atoms with van der Waals surface area (Å²) >= 11 is 6.13. The molecule has 1 aromatic heterocycles. The van der Waals surface area contributed by atoms with Gasteiger partial charge in [0.05, 0.1) is 11.1 Å². The van der Waals surface area contributed by atoms with E-state index in [0.717, 1.165) is 60.8 Å². The van der Waals surface area contributed by atoms with E-state index in [1.54, 1.807) is 0 Å². The summed E-state index contributed by atoms with van der Waals surface area (Å²) in [5.41, 5.74) is 5.70. The van der Waals surface area contributed by atoms with E-state index in [2.05, 4.69) is 22.0 Å². The van der Waals surface area contributed by atoms with Crippen molar-refractivity contribution < 1.29 is 4.79 Å². The first kappa shape index (κ1) is 17.6. The van der Waals surface area contributed by atoms with E-state index in [4.69, 9.17) is 11.6 Å². The van der Waals surface area contributed by atoms with Crippen LogP contribution in [0.1, 0.15) is 34.5 Å². The molecule has 1 saturated heterocycles. The Morgan fingerprint density at radius 3 is 2.57 bits per heavy atom. The molecular formula is C23H24ClN3O. The third kappa shape index (κ3) is 3.06. The Morgan fingerprint density at radius 2 is 1.75 bits per heavy atom. The number of aromatic nitrogens is 1. The zero-order valence-electron chi connectivity index (χ0n) is 15.9. The van der Waals surface area contributed by atoms with Gasteiger partial charge in [0.25, 0.3) is 5.91 Å². The molecule has 0 saturated carbocycles. The highest BCUT2D eigenvalue weighted by Crippen LogP contribution is 2.31. The lowest BCUT2D eigenvalue weighted by molar-refractivity contribution is 0.0748.